The number of thiazole rings is 1. The van der Waals surface area contributed by atoms with E-state index in [2.05, 4.69) is 15.0 Å². The van der Waals surface area contributed by atoms with Crippen LogP contribution < -0.4 is 10.1 Å². The van der Waals surface area contributed by atoms with E-state index in [1.165, 1.54) is 18.3 Å². The summed E-state index contributed by atoms with van der Waals surface area (Å²) in [5.74, 6) is -1.64. The number of carbonyl (C=O) groups excluding carboxylic acids is 1. The van der Waals surface area contributed by atoms with Crippen molar-refractivity contribution in [3.05, 3.63) is 80.6 Å². The van der Waals surface area contributed by atoms with Crippen LogP contribution in [0.3, 0.4) is 0 Å². The molecule has 1 heterocycles. The Morgan fingerprint density at radius 3 is 2.55 bits per heavy atom. The summed E-state index contributed by atoms with van der Waals surface area (Å²) in [6.07, 6.45) is -2.69. The largest absolute Gasteiger partial charge is 0.484 e. The number of halogens is 4. The number of nitrogens with one attached hydrogen (secondary N) is 1. The highest BCUT2D eigenvalue weighted by Gasteiger charge is 2.29. The number of hydrogen-bond acceptors (Lipinski definition) is 6. The van der Waals surface area contributed by atoms with Gasteiger partial charge < -0.3 is 4.74 Å². The Bertz CT molecular complexity index is 1100. The van der Waals surface area contributed by atoms with Crippen molar-refractivity contribution in [1.29, 1.82) is 0 Å². The molecule has 7 nitrogen and oxygen atoms in total. The van der Waals surface area contributed by atoms with Crippen LogP contribution in [0.1, 0.15) is 20.8 Å². The Morgan fingerprint density at radius 1 is 1.19 bits per heavy atom. The van der Waals surface area contributed by atoms with Gasteiger partial charge in [0.2, 0.25) is 0 Å². The van der Waals surface area contributed by atoms with Crippen LogP contribution in [0.5, 0.6) is 5.75 Å². The summed E-state index contributed by atoms with van der Waals surface area (Å²) in [5, 5.41) is 13.7. The second kappa shape index (κ2) is 9.08. The molecule has 1 N–H and O–H groups in total. The topological polar surface area (TPSA) is 94.4 Å². The second-order valence-corrected chi connectivity index (χ2v) is 7.34. The second-order valence-electron chi connectivity index (χ2n) is 6.23. The highest BCUT2D eigenvalue weighted by Crippen LogP contribution is 2.28. The summed E-state index contributed by atoms with van der Waals surface area (Å²) in [6.45, 7) is -1.61. The van der Waals surface area contributed by atoms with Crippen molar-refractivity contribution >= 4 is 28.1 Å². The Morgan fingerprint density at radius 2 is 1.90 bits per heavy atom. The first-order chi connectivity index (χ1) is 14.6. The molecule has 1 amide bonds. The van der Waals surface area contributed by atoms with Gasteiger partial charge in [-0.2, -0.15) is 13.2 Å². The highest BCUT2D eigenvalue weighted by atomic mass is 32.1. The molecule has 162 valence electrons. The molecule has 0 fully saturated rings. The number of nitro benzene ring substituents is 1. The number of carbonyl (C=O) groups is 1. The summed E-state index contributed by atoms with van der Waals surface area (Å²) < 4.78 is 54.6. The molecule has 0 aliphatic rings. The molecule has 2 aromatic carbocycles. The van der Waals surface area contributed by atoms with Gasteiger partial charge in [-0.3, -0.25) is 20.2 Å². The lowest BCUT2D eigenvalue weighted by atomic mass is 10.1. The fourth-order valence-corrected chi connectivity index (χ4v) is 3.37. The first kappa shape index (κ1) is 22.2. The summed E-state index contributed by atoms with van der Waals surface area (Å²) in [4.78, 5) is 27.7. The van der Waals surface area contributed by atoms with Crippen LogP contribution >= 0.6 is 11.3 Å². The Kier molecular flexibility index (Phi) is 6.49. The zero-order chi connectivity index (χ0) is 22.6. The van der Waals surface area contributed by atoms with Gasteiger partial charge in [0.15, 0.2) is 11.7 Å². The zero-order valence-corrected chi connectivity index (χ0v) is 16.3. The molecule has 1 aromatic heterocycles. The highest BCUT2D eigenvalue weighted by molar-refractivity contribution is 7.15. The molecule has 0 bridgehead atoms. The van der Waals surface area contributed by atoms with Crippen molar-refractivity contribution < 1.29 is 32.0 Å². The van der Waals surface area contributed by atoms with Crippen molar-refractivity contribution in [2.75, 3.05) is 11.9 Å². The molecular weight excluding hydrogens is 442 g/mol. The molecule has 3 aromatic rings. The maximum atomic E-state index is 13.0. The summed E-state index contributed by atoms with van der Waals surface area (Å²) in [6, 6.07) is 8.56. The number of anilines is 1. The molecule has 0 aliphatic heterocycles. The lowest BCUT2D eigenvalue weighted by Crippen LogP contribution is -2.20. The number of nitrogens with zero attached hydrogens (tertiary/aromatic N) is 2. The quantitative estimate of drug-likeness (QED) is 0.308. The van der Waals surface area contributed by atoms with Gasteiger partial charge in [-0.05, 0) is 29.8 Å². The molecule has 0 aliphatic carbocycles. The van der Waals surface area contributed by atoms with E-state index in [1.807, 2.05) is 0 Å². The van der Waals surface area contributed by atoms with Crippen molar-refractivity contribution in [2.24, 2.45) is 0 Å². The minimum Gasteiger partial charge on any atom is -0.484 e. The van der Waals surface area contributed by atoms with Gasteiger partial charge in [-0.25, -0.2) is 9.37 Å². The standard InChI is InChI=1S/C19H13F4N3O4S/c20-12-3-1-11(2-4-12)7-14-9-24-18(31-14)25-17(27)15-8-13(30-10-19(21,22)23)5-6-16(15)26(28)29/h1-6,8-9H,7,10H2,(H,24,25,27). The van der Waals surface area contributed by atoms with Crippen molar-refractivity contribution in [2.45, 2.75) is 12.6 Å². The van der Waals surface area contributed by atoms with Gasteiger partial charge in [-0.1, -0.05) is 12.1 Å². The van der Waals surface area contributed by atoms with Crippen LogP contribution in [-0.2, 0) is 6.42 Å². The molecule has 0 saturated carbocycles. The summed E-state index contributed by atoms with van der Waals surface area (Å²) in [7, 11) is 0. The molecule has 31 heavy (non-hydrogen) atoms. The predicted molar refractivity (Wildman–Crippen MR) is 104 cm³/mol. The predicted octanol–water partition coefficient (Wildman–Crippen LogP) is 4.97. The van der Waals surface area contributed by atoms with Gasteiger partial charge in [0.05, 0.1) is 4.92 Å². The van der Waals surface area contributed by atoms with Crippen LogP contribution in [0.2, 0.25) is 0 Å². The number of benzene rings is 2. The van der Waals surface area contributed by atoms with Crippen LogP contribution in [-0.4, -0.2) is 28.6 Å². The van der Waals surface area contributed by atoms with E-state index in [1.54, 1.807) is 12.1 Å². The SMILES string of the molecule is O=C(Nc1ncc(Cc2ccc(F)cc2)s1)c1cc(OCC(F)(F)F)ccc1[N+](=O)[O-]. The summed E-state index contributed by atoms with van der Waals surface area (Å²) >= 11 is 1.10. The van der Waals surface area contributed by atoms with E-state index in [0.29, 0.717) is 6.42 Å². The van der Waals surface area contributed by atoms with Crippen LogP contribution in [0.15, 0.2) is 48.7 Å². The third-order valence-electron chi connectivity index (χ3n) is 3.88. The normalized spacial score (nSPS) is 11.2. The molecule has 12 heteroatoms. The van der Waals surface area contributed by atoms with Crippen LogP contribution in [0, 0.1) is 15.9 Å². The minimum absolute atomic E-state index is 0.137. The van der Waals surface area contributed by atoms with E-state index >= 15 is 0 Å². The van der Waals surface area contributed by atoms with Gasteiger partial charge in [-0.15, -0.1) is 11.3 Å². The van der Waals surface area contributed by atoms with Crippen LogP contribution in [0.4, 0.5) is 28.4 Å². The zero-order valence-electron chi connectivity index (χ0n) is 15.5. The minimum atomic E-state index is -4.61. The van der Waals surface area contributed by atoms with Gasteiger partial charge >= 0.3 is 6.18 Å². The monoisotopic (exact) mass is 455 g/mol. The molecule has 0 radical (unpaired) electrons. The average Bonchev–Trinajstić information content (AvgIpc) is 3.14. The molecular formula is C19H13F4N3O4S. The number of amides is 1. The molecule has 3 rings (SSSR count). The first-order valence-electron chi connectivity index (χ1n) is 8.59. The lowest BCUT2D eigenvalue weighted by molar-refractivity contribution is -0.385. The number of nitro groups is 1. The van der Waals surface area contributed by atoms with Gasteiger partial charge in [0.25, 0.3) is 11.6 Å². The fraction of sp³-hybridized carbons (Fsp3) is 0.158. The third kappa shape index (κ3) is 6.22. The maximum absolute atomic E-state index is 13.0. The van der Waals surface area contributed by atoms with Gasteiger partial charge in [0, 0.05) is 23.6 Å². The van der Waals surface area contributed by atoms with Crippen molar-refractivity contribution in [1.82, 2.24) is 4.98 Å². The number of ether oxygens (including phenoxy) is 1. The smallest absolute Gasteiger partial charge is 0.422 e. The van der Waals surface area contributed by atoms with E-state index < -0.39 is 34.9 Å². The average molecular weight is 455 g/mol. The molecule has 0 spiro atoms. The van der Waals surface area contributed by atoms with E-state index in [4.69, 9.17) is 0 Å². The number of aromatic nitrogens is 1. The lowest BCUT2D eigenvalue weighted by Gasteiger charge is -2.10. The molecule has 0 saturated heterocycles. The molecule has 0 unspecified atom stereocenters. The molecule has 0 atom stereocenters. The summed E-state index contributed by atoms with van der Waals surface area (Å²) in [5.41, 5.74) is -0.256. The van der Waals surface area contributed by atoms with Crippen LogP contribution in [0.25, 0.3) is 0 Å². The number of hydrogen-bond donors (Lipinski definition) is 1. The Labute approximate surface area is 176 Å². The van der Waals surface area contributed by atoms with E-state index in [9.17, 15) is 32.5 Å². The number of alkyl halides is 3. The number of rotatable bonds is 7. The maximum Gasteiger partial charge on any atom is 0.422 e. The van der Waals surface area contributed by atoms with Gasteiger partial charge in [0.1, 0.15) is 17.1 Å². The Balaban J connectivity index is 1.75. The first-order valence-corrected chi connectivity index (χ1v) is 9.41. The Hall–Kier alpha value is -3.54. The third-order valence-corrected chi connectivity index (χ3v) is 4.79. The van der Waals surface area contributed by atoms with Crippen molar-refractivity contribution in [3.8, 4) is 5.75 Å². The fourth-order valence-electron chi connectivity index (χ4n) is 2.53. The van der Waals surface area contributed by atoms with E-state index in [-0.39, 0.29) is 16.7 Å². The van der Waals surface area contributed by atoms with E-state index in [0.717, 1.165) is 40.0 Å². The van der Waals surface area contributed by atoms with Crippen molar-refractivity contribution in [3.63, 3.8) is 0 Å².